The number of sulfonamides is 1. The van der Waals surface area contributed by atoms with Gasteiger partial charge in [0.2, 0.25) is 15.9 Å². The molecule has 0 aromatic carbocycles. The molecule has 1 aromatic heterocycles. The minimum absolute atomic E-state index is 0.0352. The van der Waals surface area contributed by atoms with E-state index in [0.717, 1.165) is 0 Å². The van der Waals surface area contributed by atoms with Gasteiger partial charge in [-0.2, -0.15) is 4.31 Å². The largest absolute Gasteiger partial charge is 0.360 e. The van der Waals surface area contributed by atoms with Gasteiger partial charge in [-0.3, -0.25) is 4.79 Å². The Morgan fingerprint density at radius 1 is 1.19 bits per heavy atom. The van der Waals surface area contributed by atoms with Gasteiger partial charge in [0.1, 0.15) is 10.6 Å². The molecule has 3 heterocycles. The molecule has 26 heavy (non-hydrogen) atoms. The number of rotatable bonds is 3. The number of hydrogen-bond acceptors (Lipinski definition) is 7. The van der Waals surface area contributed by atoms with Crippen molar-refractivity contribution < 1.29 is 26.2 Å². The van der Waals surface area contributed by atoms with Crippen LogP contribution in [0, 0.1) is 19.8 Å². The van der Waals surface area contributed by atoms with E-state index >= 15 is 0 Å². The smallest absolute Gasteiger partial charge is 0.248 e. The van der Waals surface area contributed by atoms with Crippen molar-refractivity contribution >= 4 is 25.8 Å². The van der Waals surface area contributed by atoms with E-state index in [-0.39, 0.29) is 47.7 Å². The number of hydrogen-bond donors (Lipinski definition) is 0. The van der Waals surface area contributed by atoms with Crippen LogP contribution in [0.5, 0.6) is 0 Å². The molecule has 9 nitrogen and oxygen atoms in total. The lowest BCUT2D eigenvalue weighted by atomic mass is 9.98. The van der Waals surface area contributed by atoms with Gasteiger partial charge >= 0.3 is 0 Å². The first-order chi connectivity index (χ1) is 12.1. The molecule has 1 amide bonds. The average molecular weight is 405 g/mol. The Hall–Kier alpha value is -1.46. The maximum atomic E-state index is 12.9. The van der Waals surface area contributed by atoms with Crippen molar-refractivity contribution in [3.63, 3.8) is 0 Å². The van der Waals surface area contributed by atoms with Crippen LogP contribution >= 0.6 is 0 Å². The van der Waals surface area contributed by atoms with E-state index in [9.17, 15) is 21.6 Å². The van der Waals surface area contributed by atoms with E-state index in [1.54, 1.807) is 13.8 Å². The molecule has 3 rings (SSSR count). The van der Waals surface area contributed by atoms with Crippen molar-refractivity contribution in [2.24, 2.45) is 5.92 Å². The summed E-state index contributed by atoms with van der Waals surface area (Å²) in [6.45, 7) is 3.90. The Morgan fingerprint density at radius 2 is 1.85 bits per heavy atom. The highest BCUT2D eigenvalue weighted by molar-refractivity contribution is 7.91. The number of carbonyl (C=O) groups excluding carboxylic acids is 1. The summed E-state index contributed by atoms with van der Waals surface area (Å²) in [4.78, 5) is 14.3. The van der Waals surface area contributed by atoms with E-state index in [1.807, 2.05) is 0 Å². The van der Waals surface area contributed by atoms with E-state index in [0.29, 0.717) is 25.1 Å². The standard InChI is InChI=1S/C15H23N3O6S2/c1-11-14(12(2)24-16-11)26(22,23)18-5-3-4-13(10-18)15(19)17-6-8-25(20,21)9-7-17/h13H,3-10H2,1-2H3. The molecule has 0 bridgehead atoms. The van der Waals surface area contributed by atoms with Crippen LogP contribution in [0.2, 0.25) is 0 Å². The number of carbonyl (C=O) groups is 1. The Morgan fingerprint density at radius 3 is 2.42 bits per heavy atom. The minimum Gasteiger partial charge on any atom is -0.360 e. The molecular formula is C15H23N3O6S2. The number of nitrogens with zero attached hydrogens (tertiary/aromatic N) is 3. The number of amides is 1. The molecular weight excluding hydrogens is 382 g/mol. The first-order valence-corrected chi connectivity index (χ1v) is 11.8. The summed E-state index contributed by atoms with van der Waals surface area (Å²) in [6.07, 6.45) is 1.17. The predicted octanol–water partition coefficient (Wildman–Crippen LogP) is -0.0509. The third-order valence-corrected chi connectivity index (χ3v) is 8.67. The van der Waals surface area contributed by atoms with Gasteiger partial charge in [0.25, 0.3) is 0 Å². The molecule has 1 unspecified atom stereocenters. The first-order valence-electron chi connectivity index (χ1n) is 8.54. The van der Waals surface area contributed by atoms with Crippen molar-refractivity contribution in [1.82, 2.24) is 14.4 Å². The topological polar surface area (TPSA) is 118 Å². The quantitative estimate of drug-likeness (QED) is 0.692. The summed E-state index contributed by atoms with van der Waals surface area (Å²) < 4.78 is 55.2. The molecule has 2 saturated heterocycles. The summed E-state index contributed by atoms with van der Waals surface area (Å²) in [6, 6.07) is 0. The van der Waals surface area contributed by atoms with Gasteiger partial charge in [-0.25, -0.2) is 16.8 Å². The summed E-state index contributed by atoms with van der Waals surface area (Å²) in [5.74, 6) is -0.463. The third kappa shape index (κ3) is 3.65. The fourth-order valence-electron chi connectivity index (χ4n) is 3.53. The fraction of sp³-hybridized carbons (Fsp3) is 0.733. The third-order valence-electron chi connectivity index (χ3n) is 4.96. The molecule has 0 N–H and O–H groups in total. The number of aromatic nitrogens is 1. The van der Waals surface area contributed by atoms with Gasteiger partial charge in [0, 0.05) is 26.2 Å². The maximum Gasteiger partial charge on any atom is 0.248 e. The minimum atomic E-state index is -3.79. The second kappa shape index (κ2) is 6.93. The van der Waals surface area contributed by atoms with Crippen molar-refractivity contribution in [3.05, 3.63) is 11.5 Å². The second-order valence-corrected chi connectivity index (χ2v) is 11.0. The van der Waals surface area contributed by atoms with Gasteiger partial charge in [0.05, 0.1) is 17.4 Å². The van der Waals surface area contributed by atoms with Crippen LogP contribution in [0.3, 0.4) is 0 Å². The number of piperidine rings is 1. The van der Waals surface area contributed by atoms with Crippen molar-refractivity contribution in [1.29, 1.82) is 0 Å². The van der Waals surface area contributed by atoms with E-state index in [4.69, 9.17) is 4.52 Å². The van der Waals surface area contributed by atoms with E-state index < -0.39 is 25.8 Å². The lowest BCUT2D eigenvalue weighted by Gasteiger charge is -2.35. The zero-order valence-electron chi connectivity index (χ0n) is 14.8. The SMILES string of the molecule is Cc1noc(C)c1S(=O)(=O)N1CCCC(C(=O)N2CCS(=O)(=O)CC2)C1. The van der Waals surface area contributed by atoms with Gasteiger partial charge in [-0.05, 0) is 26.7 Å². The van der Waals surface area contributed by atoms with Gasteiger partial charge in [-0.1, -0.05) is 5.16 Å². The lowest BCUT2D eigenvalue weighted by molar-refractivity contribution is -0.136. The number of sulfone groups is 1. The Balaban J connectivity index is 1.74. The molecule has 2 aliphatic heterocycles. The van der Waals surface area contributed by atoms with Crippen LogP contribution in [0.25, 0.3) is 0 Å². The summed E-state index contributed by atoms with van der Waals surface area (Å²) >= 11 is 0. The molecule has 2 aliphatic rings. The van der Waals surface area contributed by atoms with Gasteiger partial charge in [0.15, 0.2) is 15.6 Å². The molecule has 0 saturated carbocycles. The van der Waals surface area contributed by atoms with Crippen LogP contribution in [-0.4, -0.2) is 74.8 Å². The Labute approximate surface area is 153 Å². The van der Waals surface area contributed by atoms with E-state index in [2.05, 4.69) is 5.16 Å². The molecule has 1 aromatic rings. The average Bonchev–Trinajstić information content (AvgIpc) is 2.93. The second-order valence-electron chi connectivity index (χ2n) is 6.83. The van der Waals surface area contributed by atoms with Crippen LogP contribution in [0.15, 0.2) is 9.42 Å². The van der Waals surface area contributed by atoms with Gasteiger partial charge in [-0.15, -0.1) is 0 Å². The molecule has 0 aliphatic carbocycles. The molecule has 2 fully saturated rings. The van der Waals surface area contributed by atoms with Crippen molar-refractivity contribution in [3.8, 4) is 0 Å². The van der Waals surface area contributed by atoms with Crippen molar-refractivity contribution in [2.45, 2.75) is 31.6 Å². The summed E-state index contributed by atoms with van der Waals surface area (Å²) in [5, 5.41) is 3.71. The normalized spacial score (nSPS) is 24.5. The van der Waals surface area contributed by atoms with Crippen molar-refractivity contribution in [2.75, 3.05) is 37.7 Å². The number of aryl methyl sites for hydroxylation is 2. The highest BCUT2D eigenvalue weighted by atomic mass is 32.2. The zero-order chi connectivity index (χ0) is 19.1. The summed E-state index contributed by atoms with van der Waals surface area (Å²) in [7, 11) is -6.86. The zero-order valence-corrected chi connectivity index (χ0v) is 16.5. The molecule has 0 radical (unpaired) electrons. The molecule has 1 atom stereocenters. The van der Waals surface area contributed by atoms with Crippen LogP contribution in [0.4, 0.5) is 0 Å². The maximum absolute atomic E-state index is 12.9. The van der Waals surface area contributed by atoms with Crippen LogP contribution in [0.1, 0.15) is 24.3 Å². The Bertz CT molecular complexity index is 872. The van der Waals surface area contributed by atoms with Crippen LogP contribution in [-0.2, 0) is 24.7 Å². The lowest BCUT2D eigenvalue weighted by Crippen LogP contribution is -2.50. The summed E-state index contributed by atoms with van der Waals surface area (Å²) in [5.41, 5.74) is 0.303. The molecule has 0 spiro atoms. The van der Waals surface area contributed by atoms with Gasteiger partial charge < -0.3 is 9.42 Å². The van der Waals surface area contributed by atoms with Crippen LogP contribution < -0.4 is 0 Å². The first kappa shape index (κ1) is 19.3. The Kier molecular flexibility index (Phi) is 5.15. The van der Waals surface area contributed by atoms with E-state index in [1.165, 1.54) is 9.21 Å². The fourth-order valence-corrected chi connectivity index (χ4v) is 6.54. The highest BCUT2D eigenvalue weighted by Gasteiger charge is 2.38. The molecule has 11 heteroatoms. The highest BCUT2D eigenvalue weighted by Crippen LogP contribution is 2.28. The molecule has 146 valence electrons. The predicted molar refractivity (Wildman–Crippen MR) is 92.7 cm³/mol. The monoisotopic (exact) mass is 405 g/mol.